The highest BCUT2D eigenvalue weighted by Gasteiger charge is 2.42. The zero-order valence-corrected chi connectivity index (χ0v) is 12.6. The van der Waals surface area contributed by atoms with E-state index in [1.165, 1.54) is 58.3 Å². The summed E-state index contributed by atoms with van der Waals surface area (Å²) < 4.78 is 5.40. The van der Waals surface area contributed by atoms with Gasteiger partial charge in [-0.3, -0.25) is 4.90 Å². The molecule has 3 aliphatic rings. The van der Waals surface area contributed by atoms with Gasteiger partial charge in [0, 0.05) is 19.6 Å². The summed E-state index contributed by atoms with van der Waals surface area (Å²) in [7, 11) is 0. The Bertz CT molecular complexity index is 290. The van der Waals surface area contributed by atoms with Gasteiger partial charge in [-0.15, -0.1) is 0 Å². The first-order chi connectivity index (χ1) is 9.26. The van der Waals surface area contributed by atoms with Crippen molar-refractivity contribution in [1.82, 2.24) is 9.80 Å². The average Bonchev–Trinajstić information content (AvgIpc) is 2.98. The van der Waals surface area contributed by atoms with Gasteiger partial charge in [0.05, 0.1) is 13.2 Å². The van der Waals surface area contributed by atoms with E-state index in [9.17, 15) is 0 Å². The maximum Gasteiger partial charge on any atom is 0.0594 e. The van der Waals surface area contributed by atoms with Gasteiger partial charge in [-0.2, -0.15) is 0 Å². The van der Waals surface area contributed by atoms with Crippen molar-refractivity contribution in [2.24, 2.45) is 11.3 Å². The zero-order valence-electron chi connectivity index (χ0n) is 12.6. The van der Waals surface area contributed by atoms with Crippen molar-refractivity contribution in [1.29, 1.82) is 0 Å². The fourth-order valence-electron chi connectivity index (χ4n) is 4.43. The molecule has 2 heterocycles. The highest BCUT2D eigenvalue weighted by molar-refractivity contribution is 4.95. The van der Waals surface area contributed by atoms with Crippen LogP contribution in [0.1, 0.15) is 39.0 Å². The Balaban J connectivity index is 1.35. The Hall–Kier alpha value is -0.120. The molecule has 2 atom stereocenters. The van der Waals surface area contributed by atoms with Crippen LogP contribution >= 0.6 is 0 Å². The van der Waals surface area contributed by atoms with Gasteiger partial charge in [0.2, 0.25) is 0 Å². The molecule has 2 aliphatic heterocycles. The third-order valence-electron chi connectivity index (χ3n) is 5.52. The molecule has 2 saturated heterocycles. The number of morpholine rings is 1. The Morgan fingerprint density at radius 2 is 1.84 bits per heavy atom. The van der Waals surface area contributed by atoms with Crippen molar-refractivity contribution in [3.8, 4) is 0 Å². The molecular weight excluding hydrogens is 236 g/mol. The van der Waals surface area contributed by atoms with E-state index in [1.54, 1.807) is 0 Å². The fraction of sp³-hybridized carbons (Fsp3) is 1.00. The van der Waals surface area contributed by atoms with Crippen LogP contribution in [0.25, 0.3) is 0 Å². The molecule has 0 aromatic carbocycles. The number of hydrogen-bond donors (Lipinski definition) is 0. The molecular formula is C16H30N2O. The number of hydrogen-bond acceptors (Lipinski definition) is 3. The largest absolute Gasteiger partial charge is 0.379 e. The number of ether oxygens (including phenoxy) is 1. The Labute approximate surface area is 118 Å². The van der Waals surface area contributed by atoms with E-state index < -0.39 is 0 Å². The number of likely N-dealkylation sites (tertiary alicyclic amines) is 1. The topological polar surface area (TPSA) is 15.7 Å². The summed E-state index contributed by atoms with van der Waals surface area (Å²) in [6, 6.07) is 0. The average molecular weight is 266 g/mol. The van der Waals surface area contributed by atoms with Crippen LogP contribution in [0.5, 0.6) is 0 Å². The van der Waals surface area contributed by atoms with Gasteiger partial charge in [-0.1, -0.05) is 13.3 Å². The molecule has 0 radical (unpaired) electrons. The van der Waals surface area contributed by atoms with Gasteiger partial charge in [0.15, 0.2) is 0 Å². The summed E-state index contributed by atoms with van der Waals surface area (Å²) in [6.45, 7) is 11.9. The molecule has 1 spiro atoms. The summed E-state index contributed by atoms with van der Waals surface area (Å²) in [5.74, 6) is 0.980. The standard InChI is InChI=1S/C16H30N2O/c1-15-3-4-16(13-15)5-8-18(14-16)7-2-6-17-9-11-19-12-10-17/h15H,2-14H2,1H3/t15-,16+/m1/s1. The second kappa shape index (κ2) is 6.11. The molecule has 0 amide bonds. The van der Waals surface area contributed by atoms with Crippen molar-refractivity contribution >= 4 is 0 Å². The molecule has 3 rings (SSSR count). The van der Waals surface area contributed by atoms with Gasteiger partial charge >= 0.3 is 0 Å². The lowest BCUT2D eigenvalue weighted by Gasteiger charge is -2.28. The number of nitrogens with zero attached hydrogens (tertiary/aromatic N) is 2. The Morgan fingerprint density at radius 3 is 2.58 bits per heavy atom. The minimum absolute atomic E-state index is 0.721. The smallest absolute Gasteiger partial charge is 0.0594 e. The van der Waals surface area contributed by atoms with Crippen LogP contribution in [0.15, 0.2) is 0 Å². The predicted octanol–water partition coefficient (Wildman–Crippen LogP) is 2.22. The maximum atomic E-state index is 5.40. The van der Waals surface area contributed by atoms with Crippen molar-refractivity contribution in [2.75, 3.05) is 52.5 Å². The van der Waals surface area contributed by atoms with Crippen LogP contribution in [0.4, 0.5) is 0 Å². The Morgan fingerprint density at radius 1 is 1.05 bits per heavy atom. The monoisotopic (exact) mass is 266 g/mol. The van der Waals surface area contributed by atoms with Crippen LogP contribution in [-0.4, -0.2) is 62.3 Å². The molecule has 0 N–H and O–H groups in total. The van der Waals surface area contributed by atoms with E-state index in [4.69, 9.17) is 4.74 Å². The van der Waals surface area contributed by atoms with Crippen molar-refractivity contribution in [3.63, 3.8) is 0 Å². The number of rotatable bonds is 4. The molecule has 3 heteroatoms. The van der Waals surface area contributed by atoms with E-state index in [1.807, 2.05) is 0 Å². The van der Waals surface area contributed by atoms with Gasteiger partial charge in [-0.25, -0.2) is 0 Å². The second-order valence-corrected chi connectivity index (χ2v) is 7.18. The third-order valence-corrected chi connectivity index (χ3v) is 5.52. The summed E-state index contributed by atoms with van der Waals surface area (Å²) in [4.78, 5) is 5.30. The molecule has 1 saturated carbocycles. The van der Waals surface area contributed by atoms with E-state index in [0.717, 1.165) is 37.6 Å². The molecule has 19 heavy (non-hydrogen) atoms. The molecule has 3 nitrogen and oxygen atoms in total. The van der Waals surface area contributed by atoms with Crippen LogP contribution in [0.3, 0.4) is 0 Å². The van der Waals surface area contributed by atoms with Crippen molar-refractivity contribution in [3.05, 3.63) is 0 Å². The molecule has 0 aromatic heterocycles. The second-order valence-electron chi connectivity index (χ2n) is 7.18. The molecule has 0 unspecified atom stereocenters. The predicted molar refractivity (Wildman–Crippen MR) is 78.4 cm³/mol. The lowest BCUT2D eigenvalue weighted by molar-refractivity contribution is 0.0362. The molecule has 3 fully saturated rings. The van der Waals surface area contributed by atoms with E-state index >= 15 is 0 Å². The SMILES string of the molecule is C[C@@H]1CC[C@]2(CCN(CCCN3CCOCC3)C2)C1. The fourth-order valence-corrected chi connectivity index (χ4v) is 4.43. The van der Waals surface area contributed by atoms with Gasteiger partial charge < -0.3 is 9.64 Å². The minimum atomic E-state index is 0.721. The summed E-state index contributed by atoms with van der Waals surface area (Å²) >= 11 is 0. The first-order valence-corrected chi connectivity index (χ1v) is 8.28. The van der Waals surface area contributed by atoms with Gasteiger partial charge in [0.1, 0.15) is 0 Å². The third kappa shape index (κ3) is 3.50. The zero-order chi connectivity index (χ0) is 13.1. The highest BCUT2D eigenvalue weighted by atomic mass is 16.5. The van der Waals surface area contributed by atoms with E-state index in [0.29, 0.717) is 0 Å². The van der Waals surface area contributed by atoms with Gasteiger partial charge in [-0.05, 0) is 56.7 Å². The van der Waals surface area contributed by atoms with Crippen LogP contribution < -0.4 is 0 Å². The summed E-state index contributed by atoms with van der Waals surface area (Å²) in [6.07, 6.45) is 7.27. The maximum absolute atomic E-state index is 5.40. The molecule has 0 aromatic rings. The molecule has 110 valence electrons. The first kappa shape index (κ1) is 13.8. The summed E-state index contributed by atoms with van der Waals surface area (Å²) in [5, 5.41) is 0. The lowest BCUT2D eigenvalue weighted by atomic mass is 9.85. The van der Waals surface area contributed by atoms with Crippen LogP contribution in [-0.2, 0) is 4.74 Å². The normalized spacial score (nSPS) is 37.4. The highest BCUT2D eigenvalue weighted by Crippen LogP contribution is 2.47. The molecule has 1 aliphatic carbocycles. The quantitative estimate of drug-likeness (QED) is 0.776. The lowest BCUT2D eigenvalue weighted by Crippen LogP contribution is -2.38. The Kier molecular flexibility index (Phi) is 4.45. The van der Waals surface area contributed by atoms with E-state index in [-0.39, 0.29) is 0 Å². The van der Waals surface area contributed by atoms with Crippen LogP contribution in [0, 0.1) is 11.3 Å². The van der Waals surface area contributed by atoms with Crippen molar-refractivity contribution < 1.29 is 4.74 Å². The van der Waals surface area contributed by atoms with Crippen molar-refractivity contribution in [2.45, 2.75) is 39.0 Å². The van der Waals surface area contributed by atoms with E-state index in [2.05, 4.69) is 16.7 Å². The van der Waals surface area contributed by atoms with Crippen LogP contribution in [0.2, 0.25) is 0 Å². The first-order valence-electron chi connectivity index (χ1n) is 8.28. The minimum Gasteiger partial charge on any atom is -0.379 e. The summed E-state index contributed by atoms with van der Waals surface area (Å²) in [5.41, 5.74) is 0.721. The van der Waals surface area contributed by atoms with Gasteiger partial charge in [0.25, 0.3) is 0 Å². The molecule has 0 bridgehead atoms.